The SMILES string of the molecule is C[C@H]1CCCN(c2ccc(C(=O)NC[C@@H]3CCCO3)cn2)C1. The number of rotatable bonds is 4. The lowest BCUT2D eigenvalue weighted by Gasteiger charge is -2.31. The smallest absolute Gasteiger partial charge is 0.252 e. The van der Waals surface area contributed by atoms with Gasteiger partial charge in [-0.2, -0.15) is 0 Å². The molecule has 2 aliphatic heterocycles. The molecular weight excluding hydrogens is 278 g/mol. The second-order valence-corrected chi connectivity index (χ2v) is 6.44. The highest BCUT2D eigenvalue weighted by atomic mass is 16.5. The van der Waals surface area contributed by atoms with Gasteiger partial charge in [0, 0.05) is 32.4 Å². The van der Waals surface area contributed by atoms with E-state index < -0.39 is 0 Å². The second kappa shape index (κ2) is 7.09. The molecule has 0 bridgehead atoms. The Morgan fingerprint density at radius 1 is 1.41 bits per heavy atom. The summed E-state index contributed by atoms with van der Waals surface area (Å²) in [5.41, 5.74) is 0.617. The summed E-state index contributed by atoms with van der Waals surface area (Å²) in [5, 5.41) is 2.93. The maximum Gasteiger partial charge on any atom is 0.252 e. The van der Waals surface area contributed by atoms with Gasteiger partial charge in [-0.1, -0.05) is 6.92 Å². The molecule has 22 heavy (non-hydrogen) atoms. The van der Waals surface area contributed by atoms with E-state index in [9.17, 15) is 4.79 Å². The van der Waals surface area contributed by atoms with Crippen LogP contribution in [0.5, 0.6) is 0 Å². The zero-order chi connectivity index (χ0) is 15.4. The predicted octanol–water partition coefficient (Wildman–Crippen LogP) is 2.23. The van der Waals surface area contributed by atoms with Gasteiger partial charge in [0.05, 0.1) is 11.7 Å². The van der Waals surface area contributed by atoms with Crippen molar-refractivity contribution in [3.8, 4) is 0 Å². The number of carbonyl (C=O) groups is 1. The fourth-order valence-electron chi connectivity index (χ4n) is 3.22. The summed E-state index contributed by atoms with van der Waals surface area (Å²) in [6.45, 7) is 5.79. The molecule has 0 aliphatic carbocycles. The molecule has 1 N–H and O–H groups in total. The van der Waals surface area contributed by atoms with Crippen LogP contribution in [-0.4, -0.2) is 43.2 Å². The zero-order valence-electron chi connectivity index (χ0n) is 13.3. The van der Waals surface area contributed by atoms with E-state index in [1.165, 1.54) is 12.8 Å². The molecule has 0 radical (unpaired) electrons. The lowest BCUT2D eigenvalue weighted by molar-refractivity contribution is 0.0857. The minimum atomic E-state index is -0.0680. The first-order valence-electron chi connectivity index (χ1n) is 8.33. The molecule has 0 saturated carbocycles. The van der Waals surface area contributed by atoms with Gasteiger partial charge in [-0.3, -0.25) is 4.79 Å². The topological polar surface area (TPSA) is 54.5 Å². The number of nitrogens with zero attached hydrogens (tertiary/aromatic N) is 2. The van der Waals surface area contributed by atoms with Gasteiger partial charge in [0.2, 0.25) is 0 Å². The van der Waals surface area contributed by atoms with Crippen molar-refractivity contribution in [2.45, 2.75) is 38.7 Å². The number of anilines is 1. The van der Waals surface area contributed by atoms with E-state index in [0.29, 0.717) is 18.0 Å². The Hall–Kier alpha value is -1.62. The van der Waals surface area contributed by atoms with Crippen LogP contribution in [0.15, 0.2) is 18.3 Å². The van der Waals surface area contributed by atoms with Gasteiger partial charge in [0.1, 0.15) is 5.82 Å². The Bertz CT molecular complexity index is 497. The number of nitrogens with one attached hydrogen (secondary N) is 1. The largest absolute Gasteiger partial charge is 0.376 e. The number of aromatic nitrogens is 1. The molecule has 2 aliphatic rings. The monoisotopic (exact) mass is 303 g/mol. The number of pyridine rings is 1. The van der Waals surface area contributed by atoms with Crippen molar-refractivity contribution >= 4 is 11.7 Å². The van der Waals surface area contributed by atoms with Crippen molar-refractivity contribution < 1.29 is 9.53 Å². The second-order valence-electron chi connectivity index (χ2n) is 6.44. The van der Waals surface area contributed by atoms with Gasteiger partial charge < -0.3 is 15.0 Å². The van der Waals surface area contributed by atoms with Crippen LogP contribution in [0.1, 0.15) is 43.0 Å². The number of piperidine rings is 1. The van der Waals surface area contributed by atoms with Gasteiger partial charge in [-0.05, 0) is 43.7 Å². The van der Waals surface area contributed by atoms with Crippen LogP contribution in [0.4, 0.5) is 5.82 Å². The fraction of sp³-hybridized carbons (Fsp3) is 0.647. The van der Waals surface area contributed by atoms with E-state index in [-0.39, 0.29) is 12.0 Å². The third-order valence-corrected chi connectivity index (χ3v) is 4.51. The van der Waals surface area contributed by atoms with E-state index in [2.05, 4.69) is 22.1 Å². The summed E-state index contributed by atoms with van der Waals surface area (Å²) < 4.78 is 5.51. The average Bonchev–Trinajstić information content (AvgIpc) is 3.06. The van der Waals surface area contributed by atoms with Crippen LogP contribution in [0.3, 0.4) is 0 Å². The van der Waals surface area contributed by atoms with Crippen LogP contribution >= 0.6 is 0 Å². The molecule has 2 atom stereocenters. The van der Waals surface area contributed by atoms with Crippen molar-refractivity contribution in [3.63, 3.8) is 0 Å². The van der Waals surface area contributed by atoms with Crippen molar-refractivity contribution in [1.29, 1.82) is 0 Å². The molecule has 120 valence electrons. The first-order valence-corrected chi connectivity index (χ1v) is 8.33. The minimum absolute atomic E-state index is 0.0680. The van der Waals surface area contributed by atoms with Gasteiger partial charge >= 0.3 is 0 Å². The molecule has 0 aromatic carbocycles. The van der Waals surface area contributed by atoms with E-state index >= 15 is 0 Å². The third-order valence-electron chi connectivity index (χ3n) is 4.51. The molecule has 0 unspecified atom stereocenters. The zero-order valence-corrected chi connectivity index (χ0v) is 13.3. The lowest BCUT2D eigenvalue weighted by Crippen LogP contribution is -2.35. The summed E-state index contributed by atoms with van der Waals surface area (Å²) in [6, 6.07) is 3.82. The number of ether oxygens (including phenoxy) is 1. The van der Waals surface area contributed by atoms with Gasteiger partial charge in [0.15, 0.2) is 0 Å². The molecule has 5 nitrogen and oxygen atoms in total. The maximum atomic E-state index is 12.1. The number of hydrogen-bond acceptors (Lipinski definition) is 4. The molecule has 0 spiro atoms. The first kappa shape index (κ1) is 15.3. The summed E-state index contributed by atoms with van der Waals surface area (Å²) in [5.74, 6) is 1.62. The molecule has 1 aromatic rings. The van der Waals surface area contributed by atoms with Crippen LogP contribution in [0.25, 0.3) is 0 Å². The van der Waals surface area contributed by atoms with Crippen molar-refractivity contribution in [2.24, 2.45) is 5.92 Å². The highest BCUT2D eigenvalue weighted by Crippen LogP contribution is 2.21. The van der Waals surface area contributed by atoms with Crippen LogP contribution in [0.2, 0.25) is 0 Å². The Kier molecular flexibility index (Phi) is 4.93. The van der Waals surface area contributed by atoms with Gasteiger partial charge in [-0.25, -0.2) is 4.98 Å². The Labute approximate surface area is 132 Å². The molecular formula is C17H25N3O2. The molecule has 5 heteroatoms. The molecule has 1 aromatic heterocycles. The number of hydrogen-bond donors (Lipinski definition) is 1. The van der Waals surface area contributed by atoms with Crippen molar-refractivity contribution in [3.05, 3.63) is 23.9 Å². The van der Waals surface area contributed by atoms with Gasteiger partial charge in [0.25, 0.3) is 5.91 Å². The quantitative estimate of drug-likeness (QED) is 0.927. The first-order chi connectivity index (χ1) is 10.7. The van der Waals surface area contributed by atoms with Crippen LogP contribution < -0.4 is 10.2 Å². The summed E-state index contributed by atoms with van der Waals surface area (Å²) >= 11 is 0. The van der Waals surface area contributed by atoms with E-state index in [4.69, 9.17) is 4.74 Å². The van der Waals surface area contributed by atoms with Gasteiger partial charge in [-0.15, -0.1) is 0 Å². The molecule has 3 heterocycles. The highest BCUT2D eigenvalue weighted by molar-refractivity contribution is 5.94. The molecule has 2 saturated heterocycles. The summed E-state index contributed by atoms with van der Waals surface area (Å²) in [4.78, 5) is 18.9. The number of carbonyl (C=O) groups excluding carboxylic acids is 1. The Morgan fingerprint density at radius 2 is 2.32 bits per heavy atom. The van der Waals surface area contributed by atoms with Crippen molar-refractivity contribution in [1.82, 2.24) is 10.3 Å². The summed E-state index contributed by atoms with van der Waals surface area (Å²) in [7, 11) is 0. The van der Waals surface area contributed by atoms with E-state index in [0.717, 1.165) is 38.4 Å². The van der Waals surface area contributed by atoms with E-state index in [1.807, 2.05) is 12.1 Å². The Morgan fingerprint density at radius 3 is 3.00 bits per heavy atom. The predicted molar refractivity (Wildman–Crippen MR) is 86.2 cm³/mol. The minimum Gasteiger partial charge on any atom is -0.376 e. The summed E-state index contributed by atoms with van der Waals surface area (Å²) in [6.07, 6.45) is 6.48. The molecule has 2 fully saturated rings. The van der Waals surface area contributed by atoms with Crippen molar-refractivity contribution in [2.75, 3.05) is 31.1 Å². The lowest BCUT2D eigenvalue weighted by atomic mass is 10.0. The van der Waals surface area contributed by atoms with Crippen LogP contribution in [-0.2, 0) is 4.74 Å². The van der Waals surface area contributed by atoms with Crippen LogP contribution in [0, 0.1) is 5.92 Å². The molecule has 1 amide bonds. The normalized spacial score (nSPS) is 25.2. The highest BCUT2D eigenvalue weighted by Gasteiger charge is 2.19. The fourth-order valence-corrected chi connectivity index (χ4v) is 3.22. The average molecular weight is 303 g/mol. The third kappa shape index (κ3) is 3.77. The number of amides is 1. The standard InChI is InChI=1S/C17H25N3O2/c1-13-4-2-8-20(12-13)16-7-6-14(10-18-16)17(21)19-11-15-5-3-9-22-15/h6-7,10,13,15H,2-5,8-9,11-12H2,1H3,(H,19,21)/t13-,15-/m0/s1. The maximum absolute atomic E-state index is 12.1. The van der Waals surface area contributed by atoms with E-state index in [1.54, 1.807) is 6.20 Å². The Balaban J connectivity index is 1.54. The molecule has 3 rings (SSSR count).